The molecule has 212 valence electrons. The molecule has 9 rings (SSSR count). The van der Waals surface area contributed by atoms with Gasteiger partial charge < -0.3 is 8.83 Å². The van der Waals surface area contributed by atoms with Crippen molar-refractivity contribution in [1.29, 1.82) is 0 Å². The van der Waals surface area contributed by atoms with Crippen LogP contribution in [0, 0.1) is 0 Å². The highest BCUT2D eigenvalue weighted by atomic mass is 16.3. The second kappa shape index (κ2) is 9.76. The molecule has 4 heteroatoms. The van der Waals surface area contributed by atoms with Crippen LogP contribution in [-0.4, -0.2) is 9.97 Å². The van der Waals surface area contributed by atoms with Crippen LogP contribution < -0.4 is 0 Å². The summed E-state index contributed by atoms with van der Waals surface area (Å²) in [7, 11) is 0. The molecule has 0 saturated carbocycles. The summed E-state index contributed by atoms with van der Waals surface area (Å²) in [5.74, 6) is 0. The molecule has 3 aromatic heterocycles. The number of fused-ring (bicyclic) bond motifs is 12. The first-order valence-corrected chi connectivity index (χ1v) is 15.0. The minimum Gasteiger partial charge on any atom is -0.455 e. The zero-order chi connectivity index (χ0) is 30.1. The van der Waals surface area contributed by atoms with Gasteiger partial charge in [-0.15, -0.1) is 0 Å². The second-order valence-electron chi connectivity index (χ2n) is 11.5. The Balaban J connectivity index is 1.10. The van der Waals surface area contributed by atoms with E-state index in [1.165, 1.54) is 5.39 Å². The maximum Gasteiger partial charge on any atom is 0.246 e. The fraction of sp³-hybridized carbons (Fsp3) is 0.0244. The van der Waals surface area contributed by atoms with Crippen LogP contribution in [0.5, 0.6) is 0 Å². The molecule has 0 radical (unpaired) electrons. The Morgan fingerprint density at radius 2 is 1.24 bits per heavy atom. The van der Waals surface area contributed by atoms with Crippen molar-refractivity contribution in [3.63, 3.8) is 0 Å². The van der Waals surface area contributed by atoms with Crippen molar-refractivity contribution in [3.8, 4) is 0 Å². The first-order valence-electron chi connectivity index (χ1n) is 15.0. The number of allylic oxidation sites excluding steroid dienone is 5. The van der Waals surface area contributed by atoms with Gasteiger partial charge in [-0.05, 0) is 52.6 Å². The van der Waals surface area contributed by atoms with Crippen molar-refractivity contribution in [3.05, 3.63) is 145 Å². The van der Waals surface area contributed by atoms with Gasteiger partial charge >= 0.3 is 0 Å². The van der Waals surface area contributed by atoms with Gasteiger partial charge in [-0.1, -0.05) is 116 Å². The average Bonchev–Trinajstić information content (AvgIpc) is 3.65. The van der Waals surface area contributed by atoms with Gasteiger partial charge in [-0.3, -0.25) is 0 Å². The highest BCUT2D eigenvalue weighted by Crippen LogP contribution is 2.37. The summed E-state index contributed by atoms with van der Waals surface area (Å²) < 4.78 is 12.5. The zero-order valence-corrected chi connectivity index (χ0v) is 24.5. The van der Waals surface area contributed by atoms with Crippen LogP contribution in [0.3, 0.4) is 0 Å². The Morgan fingerprint density at radius 1 is 0.600 bits per heavy atom. The van der Waals surface area contributed by atoms with E-state index >= 15 is 0 Å². The smallest absolute Gasteiger partial charge is 0.246 e. The molecular weight excluding hydrogens is 552 g/mol. The Hall–Kier alpha value is -6.00. The number of nitrogens with zero attached hydrogens (tertiary/aromatic N) is 2. The molecular formula is C41H26N2O2. The molecule has 0 saturated heterocycles. The monoisotopic (exact) mass is 578 g/mol. The quantitative estimate of drug-likeness (QED) is 0.154. The molecule has 45 heavy (non-hydrogen) atoms. The molecule has 0 bridgehead atoms. The summed E-state index contributed by atoms with van der Waals surface area (Å²) >= 11 is 0. The minimum atomic E-state index is 0.537. The molecule has 0 aliphatic rings. The van der Waals surface area contributed by atoms with Crippen LogP contribution in [0.15, 0.2) is 143 Å². The number of hydrogen-bond donors (Lipinski definition) is 0. The summed E-state index contributed by atoms with van der Waals surface area (Å²) in [4.78, 5) is 10.2. The Kier molecular flexibility index (Phi) is 5.53. The van der Waals surface area contributed by atoms with Crippen molar-refractivity contribution in [1.82, 2.24) is 9.97 Å². The molecule has 0 aliphatic carbocycles. The maximum absolute atomic E-state index is 6.24. The zero-order valence-electron chi connectivity index (χ0n) is 24.5. The Morgan fingerprint density at radius 3 is 2.02 bits per heavy atom. The Bertz CT molecular complexity index is 2740. The van der Waals surface area contributed by atoms with Gasteiger partial charge in [0, 0.05) is 32.5 Å². The molecule has 0 atom stereocenters. The third kappa shape index (κ3) is 3.93. The molecule has 0 unspecified atom stereocenters. The number of hydrogen-bond acceptors (Lipinski definition) is 4. The topological polar surface area (TPSA) is 52.1 Å². The standard InChI is InChI=1S/C41H26N2O2/c1-24(11-9-12-25(2)27-18-10-19-33-30-15-7-8-20-35(30)44-40(27)33)26-21-22-36-34(23-26)39-41(45-36)43-38-32-17-6-4-14-29(32)28-13-3-5-16-31(28)37(38)42-39/h3-23H,1H2,2H3/b11-9-,25-12+. The number of benzene rings is 6. The van der Waals surface area contributed by atoms with Crippen LogP contribution in [0.1, 0.15) is 18.1 Å². The fourth-order valence-electron chi connectivity index (χ4n) is 6.55. The number of aromatic nitrogens is 2. The molecule has 3 heterocycles. The highest BCUT2D eigenvalue weighted by Gasteiger charge is 2.17. The van der Waals surface area contributed by atoms with Gasteiger partial charge in [0.1, 0.15) is 27.8 Å². The summed E-state index contributed by atoms with van der Waals surface area (Å²) in [6.45, 7) is 6.47. The second-order valence-corrected chi connectivity index (χ2v) is 11.5. The predicted molar refractivity (Wildman–Crippen MR) is 187 cm³/mol. The van der Waals surface area contributed by atoms with E-state index in [0.29, 0.717) is 5.71 Å². The molecule has 0 amide bonds. The van der Waals surface area contributed by atoms with Crippen molar-refractivity contribution in [2.45, 2.75) is 6.92 Å². The molecule has 0 spiro atoms. The van der Waals surface area contributed by atoms with Gasteiger partial charge in [0.15, 0.2) is 0 Å². The normalized spacial score (nSPS) is 12.7. The van der Waals surface area contributed by atoms with Gasteiger partial charge in [0.2, 0.25) is 5.71 Å². The largest absolute Gasteiger partial charge is 0.455 e. The van der Waals surface area contributed by atoms with Crippen molar-refractivity contribution >= 4 is 87.9 Å². The lowest BCUT2D eigenvalue weighted by Crippen LogP contribution is -1.89. The van der Waals surface area contributed by atoms with Crippen LogP contribution in [0.4, 0.5) is 0 Å². The van der Waals surface area contributed by atoms with Crippen LogP contribution >= 0.6 is 0 Å². The maximum atomic E-state index is 6.24. The highest BCUT2D eigenvalue weighted by molar-refractivity contribution is 6.24. The lowest BCUT2D eigenvalue weighted by atomic mass is 9.99. The van der Waals surface area contributed by atoms with E-state index in [1.807, 2.05) is 48.6 Å². The van der Waals surface area contributed by atoms with Crippen LogP contribution in [0.2, 0.25) is 0 Å². The van der Waals surface area contributed by atoms with E-state index in [9.17, 15) is 0 Å². The van der Waals surface area contributed by atoms with Crippen molar-refractivity contribution < 1.29 is 8.83 Å². The molecule has 4 nitrogen and oxygen atoms in total. The van der Waals surface area contributed by atoms with E-state index in [-0.39, 0.29) is 0 Å². The number of para-hydroxylation sites is 2. The van der Waals surface area contributed by atoms with E-state index < -0.39 is 0 Å². The fourth-order valence-corrected chi connectivity index (χ4v) is 6.55. The molecule has 6 aromatic carbocycles. The summed E-state index contributed by atoms with van der Waals surface area (Å²) in [6.07, 6.45) is 6.18. The van der Waals surface area contributed by atoms with Gasteiger partial charge in [-0.25, -0.2) is 9.97 Å². The molecule has 0 fully saturated rings. The number of furan rings is 2. The van der Waals surface area contributed by atoms with Crippen molar-refractivity contribution in [2.75, 3.05) is 0 Å². The minimum absolute atomic E-state index is 0.537. The molecule has 0 aliphatic heterocycles. The van der Waals surface area contributed by atoms with Crippen molar-refractivity contribution in [2.24, 2.45) is 0 Å². The van der Waals surface area contributed by atoms with E-state index in [4.69, 9.17) is 18.8 Å². The van der Waals surface area contributed by atoms with E-state index in [1.54, 1.807) is 0 Å². The summed E-state index contributed by atoms with van der Waals surface area (Å²) in [5, 5.41) is 7.66. The lowest BCUT2D eigenvalue weighted by Gasteiger charge is -2.08. The first-order chi connectivity index (χ1) is 22.1. The van der Waals surface area contributed by atoms with Gasteiger partial charge in [0.05, 0.1) is 5.52 Å². The predicted octanol–water partition coefficient (Wildman–Crippen LogP) is 11.4. The third-order valence-electron chi connectivity index (χ3n) is 8.80. The van der Waals surface area contributed by atoms with Crippen LogP contribution in [-0.2, 0) is 0 Å². The lowest BCUT2D eigenvalue weighted by molar-refractivity contribution is 0.655. The first kappa shape index (κ1) is 25.5. The number of rotatable bonds is 4. The molecule has 0 N–H and O–H groups in total. The van der Waals surface area contributed by atoms with Gasteiger partial charge in [-0.2, -0.15) is 0 Å². The Labute approximate surface area is 258 Å². The average molecular weight is 579 g/mol. The van der Waals surface area contributed by atoms with E-state index in [2.05, 4.69) is 92.4 Å². The summed E-state index contributed by atoms with van der Waals surface area (Å²) in [5.41, 5.74) is 9.67. The third-order valence-corrected chi connectivity index (χ3v) is 8.80. The van der Waals surface area contributed by atoms with E-state index in [0.717, 1.165) is 87.9 Å². The molecule has 9 aromatic rings. The van der Waals surface area contributed by atoms with Crippen LogP contribution in [0.25, 0.3) is 87.9 Å². The van der Waals surface area contributed by atoms with Gasteiger partial charge in [0.25, 0.3) is 0 Å². The summed E-state index contributed by atoms with van der Waals surface area (Å²) in [6, 6.07) is 37.3. The SMILES string of the molecule is C=C(/C=C\C=C(/C)c1cccc2c1oc1ccccc12)c1ccc2oc3nc4c5ccccc5c5ccccc5c4nc3c2c1.